The summed E-state index contributed by atoms with van der Waals surface area (Å²) >= 11 is 6.09. The Morgan fingerprint density at radius 3 is 2.67 bits per heavy atom. The molecule has 0 bridgehead atoms. The Bertz CT molecular complexity index is 1270. The molecule has 0 saturated carbocycles. The molecule has 2 aromatic heterocycles. The van der Waals surface area contributed by atoms with Gasteiger partial charge in [-0.2, -0.15) is 0 Å². The zero-order valence-corrected chi connectivity index (χ0v) is 21.8. The Hall–Kier alpha value is -3.16. The van der Waals surface area contributed by atoms with E-state index in [0.717, 1.165) is 43.0 Å². The third-order valence-electron chi connectivity index (χ3n) is 6.68. The maximum absolute atomic E-state index is 13.3. The fourth-order valence-corrected chi connectivity index (χ4v) is 4.65. The first kappa shape index (κ1) is 25.9. The van der Waals surface area contributed by atoms with Crippen molar-refractivity contribution in [1.82, 2.24) is 19.6 Å². The predicted molar refractivity (Wildman–Crippen MR) is 144 cm³/mol. The lowest BCUT2D eigenvalue weighted by molar-refractivity contribution is 0.0950. The molecular weight excluding hydrogens is 477 g/mol. The van der Waals surface area contributed by atoms with Crippen molar-refractivity contribution < 1.29 is 9.18 Å². The van der Waals surface area contributed by atoms with Crippen LogP contribution < -0.4 is 10.2 Å². The Morgan fingerprint density at radius 1 is 1.22 bits per heavy atom. The smallest absolute Gasteiger partial charge is 0.270 e. The Kier molecular flexibility index (Phi) is 8.44. The molecule has 1 aromatic carbocycles. The number of halogens is 2. The number of benzene rings is 1. The first-order valence-electron chi connectivity index (χ1n) is 12.4. The summed E-state index contributed by atoms with van der Waals surface area (Å²) in [5.74, 6) is -0.358. The number of amides is 1. The minimum absolute atomic E-state index is 0.143. The van der Waals surface area contributed by atoms with Crippen LogP contribution in [0.1, 0.15) is 36.5 Å². The minimum atomic E-state index is -0.215. The van der Waals surface area contributed by atoms with Crippen molar-refractivity contribution in [3.8, 4) is 0 Å². The number of pyridine rings is 1. The molecule has 36 heavy (non-hydrogen) atoms. The van der Waals surface area contributed by atoms with Gasteiger partial charge in [-0.3, -0.25) is 14.1 Å². The summed E-state index contributed by atoms with van der Waals surface area (Å²) in [6, 6.07) is 10.5. The van der Waals surface area contributed by atoms with E-state index in [-0.39, 0.29) is 11.7 Å². The third-order valence-corrected chi connectivity index (χ3v) is 6.91. The molecule has 0 aliphatic heterocycles. The van der Waals surface area contributed by atoms with Crippen LogP contribution in [0.5, 0.6) is 0 Å². The van der Waals surface area contributed by atoms with Crippen molar-refractivity contribution in [3.63, 3.8) is 0 Å². The predicted octanol–water partition coefficient (Wildman–Crippen LogP) is 5.13. The molecule has 3 aromatic rings. The molecular formula is C28H33ClFN5O. The van der Waals surface area contributed by atoms with Crippen molar-refractivity contribution >= 4 is 28.8 Å². The number of carbonyl (C=O) groups excluding carboxylic acids is 1. The Balaban J connectivity index is 1.30. The van der Waals surface area contributed by atoms with Crippen LogP contribution >= 0.6 is 11.6 Å². The lowest BCUT2D eigenvalue weighted by atomic mass is 10.0. The SMILES string of the molecule is CCc1nc2cc(Cl)ccn2c1C(=O)NCC1=CCC(N(C)CCN(CC)c2ccc(F)cc2)C=C1. The number of fused-ring (bicyclic) bond motifs is 1. The van der Waals surface area contributed by atoms with E-state index in [1.165, 1.54) is 12.1 Å². The van der Waals surface area contributed by atoms with Crippen LogP contribution in [0.15, 0.2) is 66.4 Å². The van der Waals surface area contributed by atoms with E-state index < -0.39 is 0 Å². The summed E-state index contributed by atoms with van der Waals surface area (Å²) in [5, 5.41) is 3.65. The van der Waals surface area contributed by atoms with Gasteiger partial charge in [0.2, 0.25) is 0 Å². The van der Waals surface area contributed by atoms with Crippen molar-refractivity contribution in [1.29, 1.82) is 0 Å². The van der Waals surface area contributed by atoms with Crippen molar-refractivity contribution in [2.75, 3.05) is 38.1 Å². The first-order valence-corrected chi connectivity index (χ1v) is 12.8. The summed E-state index contributed by atoms with van der Waals surface area (Å²) < 4.78 is 15.0. The van der Waals surface area contributed by atoms with Crippen molar-refractivity contribution in [2.45, 2.75) is 32.7 Å². The number of nitrogens with zero attached hydrogens (tertiary/aromatic N) is 4. The molecule has 1 unspecified atom stereocenters. The van der Waals surface area contributed by atoms with Crippen LogP contribution in [0.3, 0.4) is 0 Å². The number of aromatic nitrogens is 2. The van der Waals surface area contributed by atoms with Gasteiger partial charge in [0.1, 0.15) is 17.2 Å². The number of imidazole rings is 1. The number of carbonyl (C=O) groups is 1. The normalized spacial score (nSPS) is 15.4. The lowest BCUT2D eigenvalue weighted by Gasteiger charge is -2.30. The van der Waals surface area contributed by atoms with Gasteiger partial charge in [-0.1, -0.05) is 36.8 Å². The number of anilines is 1. The van der Waals surface area contributed by atoms with Crippen LogP contribution in [0.2, 0.25) is 5.02 Å². The highest BCUT2D eigenvalue weighted by atomic mass is 35.5. The van der Waals surface area contributed by atoms with Crippen LogP contribution in [0.4, 0.5) is 10.1 Å². The van der Waals surface area contributed by atoms with Gasteiger partial charge < -0.3 is 10.2 Å². The second-order valence-corrected chi connectivity index (χ2v) is 9.43. The number of hydrogen-bond donors (Lipinski definition) is 1. The minimum Gasteiger partial charge on any atom is -0.371 e. The summed E-state index contributed by atoms with van der Waals surface area (Å²) in [5.41, 5.74) is 4.11. The topological polar surface area (TPSA) is 52.9 Å². The van der Waals surface area contributed by atoms with E-state index in [0.29, 0.717) is 35.4 Å². The van der Waals surface area contributed by atoms with Gasteiger partial charge in [0.05, 0.1) is 5.69 Å². The van der Waals surface area contributed by atoms with Crippen LogP contribution in [-0.4, -0.2) is 59.5 Å². The second kappa shape index (κ2) is 11.7. The van der Waals surface area contributed by atoms with E-state index in [2.05, 4.69) is 52.3 Å². The Morgan fingerprint density at radius 2 is 2.00 bits per heavy atom. The number of rotatable bonds is 10. The second-order valence-electron chi connectivity index (χ2n) is 8.99. The summed E-state index contributed by atoms with van der Waals surface area (Å²) in [7, 11) is 2.12. The average Bonchev–Trinajstić information content (AvgIpc) is 3.26. The van der Waals surface area contributed by atoms with Crippen LogP contribution in [0, 0.1) is 5.82 Å². The number of nitrogens with one attached hydrogen (secondary N) is 1. The van der Waals surface area contributed by atoms with E-state index >= 15 is 0 Å². The molecule has 1 aliphatic carbocycles. The van der Waals surface area contributed by atoms with Crippen molar-refractivity contribution in [2.24, 2.45) is 0 Å². The van der Waals surface area contributed by atoms with E-state index in [9.17, 15) is 9.18 Å². The molecule has 0 saturated heterocycles. The molecule has 1 amide bonds. The van der Waals surface area contributed by atoms with Gasteiger partial charge in [-0.25, -0.2) is 9.37 Å². The van der Waals surface area contributed by atoms with E-state index in [4.69, 9.17) is 11.6 Å². The maximum Gasteiger partial charge on any atom is 0.270 e. The fourth-order valence-electron chi connectivity index (χ4n) is 4.50. The molecule has 190 valence electrons. The van der Waals surface area contributed by atoms with Gasteiger partial charge in [0, 0.05) is 55.2 Å². The van der Waals surface area contributed by atoms with E-state index in [1.54, 1.807) is 22.7 Å². The first-order chi connectivity index (χ1) is 17.4. The molecule has 1 N–H and O–H groups in total. The van der Waals surface area contributed by atoms with Gasteiger partial charge in [-0.05, 0) is 62.7 Å². The Labute approximate surface area is 217 Å². The zero-order valence-electron chi connectivity index (χ0n) is 21.0. The molecule has 0 fully saturated rings. The largest absolute Gasteiger partial charge is 0.371 e. The maximum atomic E-state index is 13.3. The van der Waals surface area contributed by atoms with Crippen LogP contribution in [-0.2, 0) is 6.42 Å². The lowest BCUT2D eigenvalue weighted by Crippen LogP contribution is -2.38. The molecule has 0 radical (unpaired) electrons. The monoisotopic (exact) mass is 509 g/mol. The van der Waals surface area contributed by atoms with Gasteiger partial charge in [0.15, 0.2) is 0 Å². The summed E-state index contributed by atoms with van der Waals surface area (Å²) in [4.78, 5) is 22.2. The molecule has 6 nitrogen and oxygen atoms in total. The molecule has 1 atom stereocenters. The summed E-state index contributed by atoms with van der Waals surface area (Å²) in [6.07, 6.45) is 9.81. The molecule has 0 spiro atoms. The number of hydrogen-bond acceptors (Lipinski definition) is 4. The highest BCUT2D eigenvalue weighted by Crippen LogP contribution is 2.19. The highest BCUT2D eigenvalue weighted by molar-refractivity contribution is 6.30. The average molecular weight is 510 g/mol. The third kappa shape index (κ3) is 5.97. The van der Waals surface area contributed by atoms with Gasteiger partial charge in [-0.15, -0.1) is 0 Å². The van der Waals surface area contributed by atoms with Gasteiger partial charge in [0.25, 0.3) is 5.91 Å². The molecule has 4 rings (SSSR count). The highest BCUT2D eigenvalue weighted by Gasteiger charge is 2.19. The van der Waals surface area contributed by atoms with Crippen molar-refractivity contribution in [3.05, 3.63) is 88.6 Å². The van der Waals surface area contributed by atoms with E-state index in [1.807, 2.05) is 19.1 Å². The quantitative estimate of drug-likeness (QED) is 0.411. The molecule has 2 heterocycles. The van der Waals surface area contributed by atoms with Crippen LogP contribution in [0.25, 0.3) is 5.65 Å². The fraction of sp³-hybridized carbons (Fsp3) is 0.357. The zero-order chi connectivity index (χ0) is 25.7. The van der Waals surface area contributed by atoms with Gasteiger partial charge >= 0.3 is 0 Å². The standard InChI is InChI=1S/C28H33ClFN5O/c1-4-25-27(35-15-14-21(29)18-26(35)32-25)28(36)31-19-20-6-10-23(11-7-20)33(3)16-17-34(5-2)24-12-8-22(30)9-13-24/h6-10,12-15,18,23H,4-5,11,16-17,19H2,1-3H3,(H,31,36). The number of aryl methyl sites for hydroxylation is 1. The molecule has 1 aliphatic rings. The summed E-state index contributed by atoms with van der Waals surface area (Å²) in [6.45, 7) is 7.17. The molecule has 8 heteroatoms. The number of likely N-dealkylation sites (N-methyl/N-ethyl adjacent to an activating group) is 2.